The number of rotatable bonds is 7. The molecule has 4 N–H and O–H groups in total. The first-order valence-corrected chi connectivity index (χ1v) is 9.40. The van der Waals surface area contributed by atoms with Gasteiger partial charge in [-0.15, -0.1) is 0 Å². The number of primary amides is 2. The van der Waals surface area contributed by atoms with E-state index in [0.29, 0.717) is 11.5 Å². The molecule has 4 aromatic rings. The lowest BCUT2D eigenvalue weighted by Crippen LogP contribution is -2.21. The fourth-order valence-electron chi connectivity index (χ4n) is 3.56. The van der Waals surface area contributed by atoms with Gasteiger partial charge < -0.3 is 20.9 Å². The zero-order valence-electron chi connectivity index (χ0n) is 16.1. The summed E-state index contributed by atoms with van der Waals surface area (Å²) in [6, 6.07) is 23.1. The third-order valence-electron chi connectivity index (χ3n) is 4.77. The van der Waals surface area contributed by atoms with E-state index in [1.54, 1.807) is 12.1 Å². The van der Waals surface area contributed by atoms with E-state index in [1.807, 2.05) is 60.7 Å². The lowest BCUT2D eigenvalue weighted by Gasteiger charge is -2.19. The largest absolute Gasteiger partial charge is 0.483 e. The molecule has 0 saturated heterocycles. The van der Waals surface area contributed by atoms with Crippen molar-refractivity contribution in [2.24, 2.45) is 11.5 Å². The molecule has 0 aliphatic heterocycles. The van der Waals surface area contributed by atoms with Crippen molar-refractivity contribution in [1.29, 1.82) is 0 Å². The molecule has 0 aliphatic carbocycles. The third kappa shape index (κ3) is 3.75. The first kappa shape index (κ1) is 19.3. The van der Waals surface area contributed by atoms with E-state index >= 15 is 0 Å². The van der Waals surface area contributed by atoms with Crippen LogP contribution in [0.2, 0.25) is 0 Å². The predicted octanol–water partition coefficient (Wildman–Crippen LogP) is 3.39. The summed E-state index contributed by atoms with van der Waals surface area (Å²) in [4.78, 5) is 22.7. The highest BCUT2D eigenvalue weighted by atomic mass is 16.5. The zero-order chi connectivity index (χ0) is 21.1. The number of amides is 2. The lowest BCUT2D eigenvalue weighted by molar-refractivity contribution is -0.120. The maximum atomic E-state index is 11.4. The third-order valence-corrected chi connectivity index (χ3v) is 4.77. The molecule has 0 spiro atoms. The number of hydrogen-bond donors (Lipinski definition) is 2. The Labute approximate surface area is 173 Å². The maximum absolute atomic E-state index is 11.4. The quantitative estimate of drug-likeness (QED) is 0.496. The van der Waals surface area contributed by atoms with Gasteiger partial charge in [0.2, 0.25) is 0 Å². The Hall–Kier alpha value is -4.06. The summed E-state index contributed by atoms with van der Waals surface area (Å²) in [5.41, 5.74) is 12.1. The van der Waals surface area contributed by atoms with Gasteiger partial charge in [-0.1, -0.05) is 60.7 Å². The van der Waals surface area contributed by atoms with Crippen molar-refractivity contribution in [3.63, 3.8) is 0 Å². The molecule has 0 heterocycles. The molecular weight excluding hydrogens is 380 g/mol. The van der Waals surface area contributed by atoms with Crippen LogP contribution in [0.15, 0.2) is 72.8 Å². The Balaban J connectivity index is 2.05. The Kier molecular flexibility index (Phi) is 5.22. The van der Waals surface area contributed by atoms with Crippen LogP contribution < -0.4 is 20.9 Å². The number of carbonyl (C=O) groups excluding carboxylic acids is 2. The van der Waals surface area contributed by atoms with Gasteiger partial charge in [-0.25, -0.2) is 0 Å². The van der Waals surface area contributed by atoms with Crippen LogP contribution >= 0.6 is 0 Å². The van der Waals surface area contributed by atoms with Gasteiger partial charge in [0.25, 0.3) is 11.8 Å². The fourth-order valence-corrected chi connectivity index (χ4v) is 3.56. The predicted molar refractivity (Wildman–Crippen MR) is 116 cm³/mol. The van der Waals surface area contributed by atoms with Crippen molar-refractivity contribution < 1.29 is 19.1 Å². The van der Waals surface area contributed by atoms with Crippen molar-refractivity contribution in [2.75, 3.05) is 13.2 Å². The fraction of sp³-hybridized carbons (Fsp3) is 0.0833. The van der Waals surface area contributed by atoms with E-state index in [-0.39, 0.29) is 13.2 Å². The van der Waals surface area contributed by atoms with Crippen molar-refractivity contribution in [3.05, 3.63) is 72.8 Å². The lowest BCUT2D eigenvalue weighted by atomic mass is 9.92. The van der Waals surface area contributed by atoms with Crippen molar-refractivity contribution in [2.45, 2.75) is 0 Å². The first-order chi connectivity index (χ1) is 14.5. The van der Waals surface area contributed by atoms with Crippen LogP contribution in [0.3, 0.4) is 0 Å². The second-order valence-electron chi connectivity index (χ2n) is 6.83. The van der Waals surface area contributed by atoms with E-state index in [9.17, 15) is 9.59 Å². The smallest absolute Gasteiger partial charge is 0.255 e. The minimum absolute atomic E-state index is 0.256. The summed E-state index contributed by atoms with van der Waals surface area (Å²) in [6.45, 7) is -0.513. The molecule has 0 aliphatic rings. The van der Waals surface area contributed by atoms with E-state index in [4.69, 9.17) is 20.9 Å². The van der Waals surface area contributed by atoms with E-state index in [2.05, 4.69) is 0 Å². The Morgan fingerprint density at radius 2 is 1.00 bits per heavy atom. The van der Waals surface area contributed by atoms with Crippen LogP contribution in [-0.2, 0) is 9.59 Å². The SMILES string of the molecule is NC(=O)COc1ccc2ccccc2c1-c1c(OCC(N)=O)ccc2ccccc12. The maximum Gasteiger partial charge on any atom is 0.255 e. The zero-order valence-corrected chi connectivity index (χ0v) is 16.1. The number of nitrogens with two attached hydrogens (primary N) is 2. The highest BCUT2D eigenvalue weighted by Gasteiger charge is 2.19. The normalized spacial score (nSPS) is 10.8. The number of hydrogen-bond acceptors (Lipinski definition) is 4. The van der Waals surface area contributed by atoms with Crippen LogP contribution in [0.4, 0.5) is 0 Å². The molecule has 0 fully saturated rings. The minimum Gasteiger partial charge on any atom is -0.483 e. The summed E-state index contributed by atoms with van der Waals surface area (Å²) >= 11 is 0. The van der Waals surface area contributed by atoms with Crippen LogP contribution in [0.5, 0.6) is 11.5 Å². The second-order valence-corrected chi connectivity index (χ2v) is 6.83. The van der Waals surface area contributed by atoms with Crippen LogP contribution in [-0.4, -0.2) is 25.0 Å². The minimum atomic E-state index is -0.572. The van der Waals surface area contributed by atoms with Crippen LogP contribution in [0, 0.1) is 0 Å². The van der Waals surface area contributed by atoms with Crippen LogP contribution in [0.1, 0.15) is 0 Å². The molecule has 0 atom stereocenters. The number of benzene rings is 4. The molecule has 6 nitrogen and oxygen atoms in total. The summed E-state index contributed by atoms with van der Waals surface area (Å²) in [7, 11) is 0. The molecule has 4 aromatic carbocycles. The molecule has 0 aromatic heterocycles. The summed E-state index contributed by atoms with van der Waals surface area (Å²) in [6.07, 6.45) is 0. The molecule has 30 heavy (non-hydrogen) atoms. The molecule has 0 radical (unpaired) electrons. The second kappa shape index (κ2) is 8.13. The molecular formula is C24H20N2O4. The first-order valence-electron chi connectivity index (χ1n) is 9.40. The monoisotopic (exact) mass is 400 g/mol. The van der Waals surface area contributed by atoms with Gasteiger partial charge >= 0.3 is 0 Å². The summed E-state index contributed by atoms with van der Waals surface area (Å²) < 4.78 is 11.5. The van der Waals surface area contributed by atoms with Crippen molar-refractivity contribution in [3.8, 4) is 22.6 Å². The molecule has 0 saturated carbocycles. The van der Waals surface area contributed by atoms with Gasteiger partial charge in [0, 0.05) is 11.1 Å². The highest BCUT2D eigenvalue weighted by molar-refractivity contribution is 6.09. The Morgan fingerprint density at radius 3 is 1.40 bits per heavy atom. The molecule has 6 heteroatoms. The molecule has 150 valence electrons. The Morgan fingerprint density at radius 1 is 0.600 bits per heavy atom. The molecule has 0 bridgehead atoms. The van der Waals surface area contributed by atoms with Crippen molar-refractivity contribution >= 4 is 33.4 Å². The molecule has 2 amide bonds. The van der Waals surface area contributed by atoms with Gasteiger partial charge in [-0.3, -0.25) is 9.59 Å². The van der Waals surface area contributed by atoms with Crippen molar-refractivity contribution in [1.82, 2.24) is 0 Å². The standard InChI is InChI=1S/C24H20N2O4/c25-21(27)13-29-19-11-9-15-5-1-3-7-17(15)23(19)24-18-8-4-2-6-16(18)10-12-20(24)30-14-22(26)28/h1-12H,13-14H2,(H2,25,27)(H2,26,28). The van der Waals surface area contributed by atoms with E-state index in [0.717, 1.165) is 32.7 Å². The summed E-state index contributed by atoms with van der Waals surface area (Å²) in [5.74, 6) is -0.157. The highest BCUT2D eigenvalue weighted by Crippen LogP contribution is 2.45. The topological polar surface area (TPSA) is 105 Å². The van der Waals surface area contributed by atoms with Gasteiger partial charge in [0.15, 0.2) is 13.2 Å². The number of fused-ring (bicyclic) bond motifs is 2. The van der Waals surface area contributed by atoms with Gasteiger partial charge in [0.05, 0.1) is 0 Å². The van der Waals surface area contributed by atoms with Crippen LogP contribution in [0.25, 0.3) is 32.7 Å². The van der Waals surface area contributed by atoms with Gasteiger partial charge in [-0.05, 0) is 33.7 Å². The van der Waals surface area contributed by atoms with E-state index < -0.39 is 11.8 Å². The number of carbonyl (C=O) groups is 2. The molecule has 4 rings (SSSR count). The number of ether oxygens (including phenoxy) is 2. The molecule has 0 unspecified atom stereocenters. The summed E-state index contributed by atoms with van der Waals surface area (Å²) in [5, 5.41) is 3.82. The Bertz CT molecular complexity index is 1170. The average molecular weight is 400 g/mol. The van der Waals surface area contributed by atoms with E-state index in [1.165, 1.54) is 0 Å². The average Bonchev–Trinajstić information content (AvgIpc) is 2.75. The van der Waals surface area contributed by atoms with Gasteiger partial charge in [-0.2, -0.15) is 0 Å². The van der Waals surface area contributed by atoms with Gasteiger partial charge in [0.1, 0.15) is 11.5 Å².